The molecule has 116 valence electrons. The van der Waals surface area contributed by atoms with Crippen molar-refractivity contribution in [3.8, 4) is 0 Å². The molecule has 20 heavy (non-hydrogen) atoms. The van der Waals surface area contributed by atoms with Gasteiger partial charge in [0.15, 0.2) is 0 Å². The highest BCUT2D eigenvalue weighted by Crippen LogP contribution is 2.27. The third-order valence-corrected chi connectivity index (χ3v) is 3.82. The summed E-state index contributed by atoms with van der Waals surface area (Å²) < 4.78 is 0. The molecule has 5 nitrogen and oxygen atoms in total. The van der Waals surface area contributed by atoms with E-state index in [0.717, 1.165) is 25.8 Å². The molecule has 0 aliphatic heterocycles. The van der Waals surface area contributed by atoms with Gasteiger partial charge in [0.1, 0.15) is 6.04 Å². The fourth-order valence-corrected chi connectivity index (χ4v) is 2.30. The average molecular weight is 284 g/mol. The summed E-state index contributed by atoms with van der Waals surface area (Å²) in [5, 5.41) is 12.1. The summed E-state index contributed by atoms with van der Waals surface area (Å²) in [6, 6.07) is -0.275. The lowest BCUT2D eigenvalue weighted by Crippen LogP contribution is -2.48. The van der Waals surface area contributed by atoms with E-state index in [4.69, 9.17) is 0 Å². The van der Waals surface area contributed by atoms with Crippen LogP contribution in [0.3, 0.4) is 0 Å². The van der Waals surface area contributed by atoms with Gasteiger partial charge in [-0.3, -0.25) is 14.9 Å². The number of nitrogens with zero attached hydrogens (tertiary/aromatic N) is 1. The van der Waals surface area contributed by atoms with Crippen molar-refractivity contribution in [2.75, 3.05) is 13.1 Å². The second-order valence-corrected chi connectivity index (χ2v) is 6.25. The molecule has 0 bridgehead atoms. The number of rotatable bonds is 9. The normalized spacial score (nSPS) is 17.9. The molecular formula is C15H28N2O3. The molecule has 2 N–H and O–H groups in total. The third kappa shape index (κ3) is 5.12. The Kier molecular flexibility index (Phi) is 6.46. The van der Waals surface area contributed by atoms with E-state index >= 15 is 0 Å². The lowest BCUT2D eigenvalue weighted by atomic mass is 9.99. The zero-order valence-corrected chi connectivity index (χ0v) is 13.1. The summed E-state index contributed by atoms with van der Waals surface area (Å²) in [4.78, 5) is 25.4. The minimum Gasteiger partial charge on any atom is -0.480 e. The molecule has 0 saturated heterocycles. The first-order valence-corrected chi connectivity index (χ1v) is 7.62. The van der Waals surface area contributed by atoms with Gasteiger partial charge in [0, 0.05) is 12.6 Å². The maximum absolute atomic E-state index is 12.3. The van der Waals surface area contributed by atoms with Gasteiger partial charge < -0.3 is 10.0 Å². The first kappa shape index (κ1) is 17.0. The average Bonchev–Trinajstić information content (AvgIpc) is 3.19. The van der Waals surface area contributed by atoms with Crippen molar-refractivity contribution in [1.82, 2.24) is 10.2 Å². The van der Waals surface area contributed by atoms with Gasteiger partial charge in [0.05, 0.1) is 6.54 Å². The Hall–Kier alpha value is -1.10. The predicted octanol–water partition coefficient (Wildman–Crippen LogP) is 1.72. The summed E-state index contributed by atoms with van der Waals surface area (Å²) in [6.45, 7) is 8.91. The van der Waals surface area contributed by atoms with Crippen LogP contribution >= 0.6 is 0 Å². The van der Waals surface area contributed by atoms with Crippen molar-refractivity contribution >= 4 is 11.9 Å². The molecule has 0 heterocycles. The Morgan fingerprint density at radius 3 is 2.30 bits per heavy atom. The Morgan fingerprint density at radius 2 is 1.90 bits per heavy atom. The summed E-state index contributed by atoms with van der Waals surface area (Å²) in [5.41, 5.74) is 0. The van der Waals surface area contributed by atoms with Crippen LogP contribution < -0.4 is 5.32 Å². The molecule has 1 aliphatic carbocycles. The summed E-state index contributed by atoms with van der Waals surface area (Å²) in [7, 11) is 0. The summed E-state index contributed by atoms with van der Waals surface area (Å²) in [6.07, 6.45) is 2.93. The van der Waals surface area contributed by atoms with Crippen LogP contribution in [0.25, 0.3) is 0 Å². The molecule has 5 heteroatoms. The van der Waals surface area contributed by atoms with Gasteiger partial charge in [0.2, 0.25) is 5.91 Å². The van der Waals surface area contributed by atoms with Crippen LogP contribution in [0, 0.1) is 11.8 Å². The number of hydrogen-bond acceptors (Lipinski definition) is 3. The number of carboxylic acid groups (broad SMARTS) is 1. The molecule has 1 amide bonds. The van der Waals surface area contributed by atoms with Gasteiger partial charge in [-0.25, -0.2) is 0 Å². The monoisotopic (exact) mass is 284 g/mol. The van der Waals surface area contributed by atoms with Crippen molar-refractivity contribution in [2.45, 2.75) is 59.0 Å². The van der Waals surface area contributed by atoms with Gasteiger partial charge in [-0.15, -0.1) is 0 Å². The zero-order chi connectivity index (χ0) is 15.3. The Bertz CT molecular complexity index is 340. The van der Waals surface area contributed by atoms with Gasteiger partial charge in [-0.05, 0) is 24.7 Å². The van der Waals surface area contributed by atoms with Crippen molar-refractivity contribution in [1.29, 1.82) is 0 Å². The van der Waals surface area contributed by atoms with Gasteiger partial charge in [-0.1, -0.05) is 34.1 Å². The molecule has 0 aromatic carbocycles. The van der Waals surface area contributed by atoms with Crippen molar-refractivity contribution < 1.29 is 14.7 Å². The molecule has 1 fully saturated rings. The predicted molar refractivity (Wildman–Crippen MR) is 78.5 cm³/mol. The lowest BCUT2D eigenvalue weighted by Gasteiger charge is -2.26. The second-order valence-electron chi connectivity index (χ2n) is 6.25. The molecule has 0 radical (unpaired) electrons. The largest absolute Gasteiger partial charge is 0.480 e. The number of carboxylic acids is 1. The van der Waals surface area contributed by atoms with E-state index in [1.54, 1.807) is 0 Å². The third-order valence-electron chi connectivity index (χ3n) is 3.82. The Morgan fingerprint density at radius 1 is 1.30 bits per heavy atom. The Balaban J connectivity index is 2.52. The van der Waals surface area contributed by atoms with Crippen molar-refractivity contribution in [3.05, 3.63) is 0 Å². The number of aliphatic carboxylic acids is 1. The zero-order valence-electron chi connectivity index (χ0n) is 13.1. The highest BCUT2D eigenvalue weighted by molar-refractivity contribution is 5.80. The van der Waals surface area contributed by atoms with E-state index in [1.807, 2.05) is 18.7 Å². The molecule has 0 unspecified atom stereocenters. The number of hydrogen-bond donors (Lipinski definition) is 2. The molecule has 2 atom stereocenters. The van der Waals surface area contributed by atoms with Crippen LogP contribution in [0.1, 0.15) is 47.0 Å². The highest BCUT2D eigenvalue weighted by Gasteiger charge is 2.33. The van der Waals surface area contributed by atoms with E-state index < -0.39 is 12.0 Å². The van der Waals surface area contributed by atoms with E-state index in [0.29, 0.717) is 12.0 Å². The highest BCUT2D eigenvalue weighted by atomic mass is 16.4. The van der Waals surface area contributed by atoms with E-state index in [1.165, 1.54) is 0 Å². The number of amides is 1. The van der Waals surface area contributed by atoms with Crippen molar-refractivity contribution in [3.63, 3.8) is 0 Å². The summed E-state index contributed by atoms with van der Waals surface area (Å²) in [5.74, 6) is -0.408. The van der Waals surface area contributed by atoms with Crippen LogP contribution in [0.5, 0.6) is 0 Å². The van der Waals surface area contributed by atoms with Crippen LogP contribution in [-0.4, -0.2) is 47.1 Å². The molecule has 1 saturated carbocycles. The quantitative estimate of drug-likeness (QED) is 0.676. The molecule has 1 rings (SSSR count). The number of carbonyl (C=O) groups excluding carboxylic acids is 1. The molecule has 0 aromatic rings. The maximum atomic E-state index is 12.3. The smallest absolute Gasteiger partial charge is 0.320 e. The summed E-state index contributed by atoms with van der Waals surface area (Å²) >= 11 is 0. The molecule has 0 aromatic heterocycles. The van der Waals surface area contributed by atoms with Gasteiger partial charge >= 0.3 is 5.97 Å². The van der Waals surface area contributed by atoms with Crippen LogP contribution in [0.4, 0.5) is 0 Å². The molecule has 1 aliphatic rings. The second kappa shape index (κ2) is 7.62. The van der Waals surface area contributed by atoms with Crippen LogP contribution in [-0.2, 0) is 9.59 Å². The first-order valence-electron chi connectivity index (χ1n) is 7.62. The first-order chi connectivity index (χ1) is 9.36. The van der Waals surface area contributed by atoms with E-state index in [9.17, 15) is 14.7 Å². The van der Waals surface area contributed by atoms with E-state index in [-0.39, 0.29) is 18.4 Å². The fraction of sp³-hybridized carbons (Fsp3) is 0.867. The SMILES string of the molecule is CC[C@H](C)[C@H](NCC(=O)N(CC(C)C)C1CC1)C(=O)O. The van der Waals surface area contributed by atoms with Crippen LogP contribution in [0.2, 0.25) is 0 Å². The van der Waals surface area contributed by atoms with Crippen LogP contribution in [0.15, 0.2) is 0 Å². The number of carbonyl (C=O) groups is 2. The minimum atomic E-state index is -0.881. The van der Waals surface area contributed by atoms with Gasteiger partial charge in [-0.2, -0.15) is 0 Å². The minimum absolute atomic E-state index is 0.0137. The fourth-order valence-electron chi connectivity index (χ4n) is 2.30. The lowest BCUT2D eigenvalue weighted by molar-refractivity contribution is -0.141. The van der Waals surface area contributed by atoms with Gasteiger partial charge in [0.25, 0.3) is 0 Å². The topological polar surface area (TPSA) is 69.6 Å². The standard InChI is InChI=1S/C15H28N2O3/c1-5-11(4)14(15(19)20)16-8-13(18)17(9-10(2)3)12-6-7-12/h10-12,14,16H,5-9H2,1-4H3,(H,19,20)/t11-,14-/m0/s1. The Labute approximate surface area is 121 Å². The maximum Gasteiger partial charge on any atom is 0.320 e. The molecule has 0 spiro atoms. The van der Waals surface area contributed by atoms with E-state index in [2.05, 4.69) is 19.2 Å². The number of nitrogens with one attached hydrogen (secondary N) is 1. The molecular weight excluding hydrogens is 256 g/mol. The van der Waals surface area contributed by atoms with Crippen molar-refractivity contribution in [2.24, 2.45) is 11.8 Å².